The normalized spacial score (nSPS) is 11.6. The van der Waals surface area contributed by atoms with Gasteiger partial charge in [-0.15, -0.1) is 0 Å². The molecule has 0 aliphatic rings. The third kappa shape index (κ3) is 4.05. The van der Waals surface area contributed by atoms with Crippen LogP contribution in [0.15, 0.2) is 53.7 Å². The fourth-order valence-corrected chi connectivity index (χ4v) is 4.06. The van der Waals surface area contributed by atoms with Gasteiger partial charge in [0, 0.05) is 37.6 Å². The Bertz CT molecular complexity index is 1400. The maximum atomic E-state index is 15.0. The summed E-state index contributed by atoms with van der Waals surface area (Å²) in [7, 11) is -0.447. The molecule has 160 valence electrons. The molecular weight excluding hydrogens is 421 g/mol. The number of aromatic nitrogens is 4. The van der Waals surface area contributed by atoms with Gasteiger partial charge in [0.05, 0.1) is 10.6 Å². The van der Waals surface area contributed by atoms with Crippen LogP contribution in [0.4, 0.5) is 27.5 Å². The number of hydrogen-bond donors (Lipinski definition) is 2. The lowest BCUT2D eigenvalue weighted by molar-refractivity contribution is 0.597. The van der Waals surface area contributed by atoms with Gasteiger partial charge < -0.3 is 10.2 Å². The molecule has 0 aliphatic carbocycles. The minimum atomic E-state index is -3.87. The van der Waals surface area contributed by atoms with Gasteiger partial charge in [0.1, 0.15) is 11.3 Å². The average molecular weight is 441 g/mol. The van der Waals surface area contributed by atoms with Crippen LogP contribution < -0.4 is 15.4 Å². The zero-order valence-corrected chi connectivity index (χ0v) is 17.9. The molecule has 4 aromatic rings. The lowest BCUT2D eigenvalue weighted by Crippen LogP contribution is -2.15. The van der Waals surface area contributed by atoms with Crippen molar-refractivity contribution >= 4 is 44.1 Å². The lowest BCUT2D eigenvalue weighted by atomic mass is 10.2. The van der Waals surface area contributed by atoms with Gasteiger partial charge in [-0.3, -0.25) is 4.68 Å². The third-order valence-corrected chi connectivity index (χ3v) is 5.86. The Morgan fingerprint density at radius 3 is 2.71 bits per heavy atom. The number of fused-ring (bicyclic) bond motifs is 1. The van der Waals surface area contributed by atoms with Crippen molar-refractivity contribution in [2.75, 3.05) is 17.3 Å². The van der Waals surface area contributed by atoms with Crippen LogP contribution in [0, 0.1) is 12.7 Å². The summed E-state index contributed by atoms with van der Waals surface area (Å²) in [6.07, 6.45) is 3.26. The van der Waals surface area contributed by atoms with Gasteiger partial charge in [0.2, 0.25) is 16.0 Å². The van der Waals surface area contributed by atoms with Gasteiger partial charge in [-0.2, -0.15) is 10.1 Å². The van der Waals surface area contributed by atoms with Gasteiger partial charge in [-0.1, -0.05) is 6.07 Å². The maximum absolute atomic E-state index is 15.0. The van der Waals surface area contributed by atoms with Gasteiger partial charge in [-0.25, -0.2) is 22.9 Å². The van der Waals surface area contributed by atoms with Crippen LogP contribution >= 0.6 is 0 Å². The number of benzene rings is 2. The van der Waals surface area contributed by atoms with E-state index in [0.29, 0.717) is 28.1 Å². The first-order valence-corrected chi connectivity index (χ1v) is 10.8. The summed E-state index contributed by atoms with van der Waals surface area (Å²) >= 11 is 0. The highest BCUT2D eigenvalue weighted by atomic mass is 32.2. The quantitative estimate of drug-likeness (QED) is 0.489. The molecule has 2 aromatic heterocycles. The van der Waals surface area contributed by atoms with Crippen molar-refractivity contribution in [2.24, 2.45) is 12.2 Å². The van der Waals surface area contributed by atoms with E-state index in [1.54, 1.807) is 67.1 Å². The number of nitrogens with two attached hydrogens (primary N) is 1. The summed E-state index contributed by atoms with van der Waals surface area (Å²) in [6.45, 7) is 1.66. The second kappa shape index (κ2) is 7.60. The summed E-state index contributed by atoms with van der Waals surface area (Å²) < 4.78 is 40.1. The molecule has 0 fully saturated rings. The molecule has 3 N–H and O–H groups in total. The SMILES string of the molecule is Cc1ccc(Nc2nccc(N(C)c3ccc4cn(C)nc4c3F)n2)cc1S(N)(=O)=O. The fourth-order valence-electron chi connectivity index (χ4n) is 3.25. The predicted molar refractivity (Wildman–Crippen MR) is 117 cm³/mol. The van der Waals surface area contributed by atoms with E-state index in [9.17, 15) is 8.42 Å². The van der Waals surface area contributed by atoms with Crippen molar-refractivity contribution < 1.29 is 12.8 Å². The van der Waals surface area contributed by atoms with Crippen molar-refractivity contribution in [2.45, 2.75) is 11.8 Å². The lowest BCUT2D eigenvalue weighted by Gasteiger charge is -2.19. The Morgan fingerprint density at radius 1 is 1.19 bits per heavy atom. The van der Waals surface area contributed by atoms with Gasteiger partial charge in [0.25, 0.3) is 0 Å². The first-order valence-electron chi connectivity index (χ1n) is 9.22. The Hall–Kier alpha value is -3.57. The molecule has 2 heterocycles. The first kappa shape index (κ1) is 20.7. The molecule has 0 aliphatic heterocycles. The molecule has 4 rings (SSSR count). The van der Waals surface area contributed by atoms with E-state index in [4.69, 9.17) is 5.14 Å². The fraction of sp³-hybridized carbons (Fsp3) is 0.150. The van der Waals surface area contributed by atoms with Crippen molar-refractivity contribution in [1.82, 2.24) is 19.7 Å². The number of nitrogens with zero attached hydrogens (tertiary/aromatic N) is 5. The monoisotopic (exact) mass is 441 g/mol. The van der Waals surface area contributed by atoms with Crippen LogP contribution in [-0.4, -0.2) is 35.2 Å². The van der Waals surface area contributed by atoms with Crippen molar-refractivity contribution in [1.29, 1.82) is 0 Å². The van der Waals surface area contributed by atoms with Crippen LogP contribution in [0.2, 0.25) is 0 Å². The van der Waals surface area contributed by atoms with E-state index >= 15 is 4.39 Å². The molecule has 11 heteroatoms. The van der Waals surface area contributed by atoms with Crippen LogP contribution in [0.1, 0.15) is 5.56 Å². The van der Waals surface area contributed by atoms with Gasteiger partial charge in [-0.05, 0) is 42.8 Å². The molecule has 0 unspecified atom stereocenters. The Balaban J connectivity index is 1.65. The Kier molecular flexibility index (Phi) is 5.07. The zero-order valence-electron chi connectivity index (χ0n) is 17.0. The summed E-state index contributed by atoms with van der Waals surface area (Å²) in [6, 6.07) is 9.83. The maximum Gasteiger partial charge on any atom is 0.238 e. The van der Waals surface area contributed by atoms with Crippen molar-refractivity contribution in [3.05, 3.63) is 60.2 Å². The smallest absolute Gasteiger partial charge is 0.238 e. The molecule has 0 radical (unpaired) electrons. The summed E-state index contributed by atoms with van der Waals surface area (Å²) in [4.78, 5) is 10.2. The highest BCUT2D eigenvalue weighted by Gasteiger charge is 2.17. The van der Waals surface area contributed by atoms with E-state index in [-0.39, 0.29) is 16.4 Å². The molecule has 0 atom stereocenters. The topological polar surface area (TPSA) is 119 Å². The number of hydrogen-bond acceptors (Lipinski definition) is 7. The largest absolute Gasteiger partial charge is 0.327 e. The highest BCUT2D eigenvalue weighted by molar-refractivity contribution is 7.89. The number of halogens is 1. The second-order valence-electron chi connectivity index (χ2n) is 7.09. The molecular formula is C20H20FN7O2S. The number of nitrogens with one attached hydrogen (secondary N) is 1. The molecule has 0 spiro atoms. The summed E-state index contributed by atoms with van der Waals surface area (Å²) in [5, 5.41) is 13.1. The first-order chi connectivity index (χ1) is 14.6. The highest BCUT2D eigenvalue weighted by Crippen LogP contribution is 2.30. The van der Waals surface area contributed by atoms with Gasteiger partial charge in [0.15, 0.2) is 5.82 Å². The summed E-state index contributed by atoms with van der Waals surface area (Å²) in [5.74, 6) is 0.198. The van der Waals surface area contributed by atoms with Crippen LogP contribution in [-0.2, 0) is 17.1 Å². The van der Waals surface area contributed by atoms with E-state index < -0.39 is 15.8 Å². The number of aryl methyl sites for hydroxylation is 2. The molecule has 0 amide bonds. The minimum absolute atomic E-state index is 0.0107. The molecule has 0 saturated carbocycles. The molecule has 2 aromatic carbocycles. The zero-order chi connectivity index (χ0) is 22.3. The Labute approximate surface area is 178 Å². The number of anilines is 4. The van der Waals surface area contributed by atoms with E-state index in [1.165, 1.54) is 12.3 Å². The van der Waals surface area contributed by atoms with Gasteiger partial charge >= 0.3 is 0 Å². The van der Waals surface area contributed by atoms with E-state index in [1.807, 2.05) is 0 Å². The van der Waals surface area contributed by atoms with Crippen molar-refractivity contribution in [3.63, 3.8) is 0 Å². The van der Waals surface area contributed by atoms with Crippen LogP contribution in [0.3, 0.4) is 0 Å². The van der Waals surface area contributed by atoms with E-state index in [2.05, 4.69) is 20.4 Å². The van der Waals surface area contributed by atoms with Crippen LogP contribution in [0.25, 0.3) is 10.9 Å². The molecule has 9 nitrogen and oxygen atoms in total. The molecule has 31 heavy (non-hydrogen) atoms. The number of sulfonamides is 1. The molecule has 0 bridgehead atoms. The summed E-state index contributed by atoms with van der Waals surface area (Å²) in [5.41, 5.74) is 1.57. The van der Waals surface area contributed by atoms with E-state index in [0.717, 1.165) is 0 Å². The average Bonchev–Trinajstić information content (AvgIpc) is 3.10. The van der Waals surface area contributed by atoms with Crippen LogP contribution in [0.5, 0.6) is 0 Å². The molecule has 0 saturated heterocycles. The number of rotatable bonds is 5. The Morgan fingerprint density at radius 2 is 1.97 bits per heavy atom. The second-order valence-corrected chi connectivity index (χ2v) is 8.62. The standard InChI is InChI=1S/C20H20FN7O2S/c1-12-4-6-14(10-16(12)31(22,29)30)24-20-23-9-8-17(25-20)28(3)15-7-5-13-11-27(2)26-19(13)18(15)21/h4-11H,1-3H3,(H2,22,29,30)(H,23,24,25). The predicted octanol–water partition coefficient (Wildman–Crippen LogP) is 2.97. The van der Waals surface area contributed by atoms with Crippen molar-refractivity contribution in [3.8, 4) is 0 Å². The third-order valence-electron chi connectivity index (χ3n) is 4.81. The number of primary sulfonamides is 1. The minimum Gasteiger partial charge on any atom is -0.327 e.